The first-order valence-corrected chi connectivity index (χ1v) is 9.00. The zero-order chi connectivity index (χ0) is 20.2. The van der Waals surface area contributed by atoms with Crippen LogP contribution in [0.2, 0.25) is 0 Å². The summed E-state index contributed by atoms with van der Waals surface area (Å²) in [5.41, 5.74) is 15.8. The second-order valence-corrected chi connectivity index (χ2v) is 6.41. The van der Waals surface area contributed by atoms with Gasteiger partial charge in [0.05, 0.1) is 17.0 Å². The van der Waals surface area contributed by atoms with E-state index in [9.17, 15) is 0 Å². The molecule has 6 nitrogen and oxygen atoms in total. The maximum Gasteiger partial charge on any atom is 0.127 e. The Morgan fingerprint density at radius 1 is 0.828 bits per heavy atom. The molecule has 6 heteroatoms. The van der Waals surface area contributed by atoms with Gasteiger partial charge in [-0.15, -0.1) is 0 Å². The van der Waals surface area contributed by atoms with Gasteiger partial charge in [-0.1, -0.05) is 18.2 Å². The van der Waals surface area contributed by atoms with Crippen molar-refractivity contribution in [3.8, 4) is 34.0 Å². The number of ether oxygens (including phenoxy) is 1. The number of aromatic nitrogens is 2. The first-order chi connectivity index (χ1) is 14.1. The maximum atomic E-state index is 7.96. The number of nitrogens with zero attached hydrogens (tertiary/aromatic N) is 2. The first kappa shape index (κ1) is 18.2. The topological polar surface area (TPSA) is 111 Å². The molecule has 0 bridgehead atoms. The highest BCUT2D eigenvalue weighted by Gasteiger charge is 2.16. The molecular formula is C23H19N5O. The van der Waals surface area contributed by atoms with Crippen LogP contribution in [0.25, 0.3) is 22.5 Å². The van der Waals surface area contributed by atoms with Gasteiger partial charge in [0, 0.05) is 29.2 Å². The van der Waals surface area contributed by atoms with E-state index in [4.69, 9.17) is 26.6 Å². The molecule has 0 unspecified atom stereocenters. The molecule has 0 aliphatic rings. The minimum Gasteiger partial charge on any atom is -0.457 e. The fourth-order valence-electron chi connectivity index (χ4n) is 3.03. The van der Waals surface area contributed by atoms with E-state index in [2.05, 4.69) is 4.98 Å². The number of hydrogen-bond acceptors (Lipinski definition) is 5. The van der Waals surface area contributed by atoms with Gasteiger partial charge in [0.25, 0.3) is 0 Å². The Bertz CT molecular complexity index is 1140. The number of amidine groups is 1. The van der Waals surface area contributed by atoms with Crippen molar-refractivity contribution in [3.63, 3.8) is 0 Å². The monoisotopic (exact) mass is 381 g/mol. The second kappa shape index (κ2) is 7.82. The van der Waals surface area contributed by atoms with Crippen LogP contribution in [-0.4, -0.2) is 15.8 Å². The summed E-state index contributed by atoms with van der Waals surface area (Å²) in [5, 5.41) is 7.96. The number of hydrogen-bond donors (Lipinski definition) is 3. The summed E-state index contributed by atoms with van der Waals surface area (Å²) in [7, 11) is 0. The summed E-state index contributed by atoms with van der Waals surface area (Å²) >= 11 is 0. The summed E-state index contributed by atoms with van der Waals surface area (Å²) in [5.74, 6) is 1.32. The van der Waals surface area contributed by atoms with Crippen molar-refractivity contribution >= 4 is 11.5 Å². The van der Waals surface area contributed by atoms with E-state index in [0.717, 1.165) is 16.9 Å². The number of rotatable bonds is 5. The van der Waals surface area contributed by atoms with Crippen molar-refractivity contribution in [1.29, 1.82) is 5.41 Å². The Hall–Kier alpha value is -4.19. The normalized spacial score (nSPS) is 10.5. The van der Waals surface area contributed by atoms with E-state index in [1.165, 1.54) is 0 Å². The van der Waals surface area contributed by atoms with Crippen molar-refractivity contribution in [2.45, 2.75) is 0 Å². The predicted octanol–water partition coefficient (Wildman–Crippen LogP) is 4.47. The molecule has 4 rings (SSSR count). The van der Waals surface area contributed by atoms with Crippen LogP contribution in [-0.2, 0) is 0 Å². The van der Waals surface area contributed by atoms with Crippen molar-refractivity contribution in [2.75, 3.05) is 5.73 Å². The highest BCUT2D eigenvalue weighted by Crippen LogP contribution is 2.32. The second-order valence-electron chi connectivity index (χ2n) is 6.41. The number of benzene rings is 2. The Kier molecular flexibility index (Phi) is 4.90. The molecule has 142 valence electrons. The molecule has 5 N–H and O–H groups in total. The highest BCUT2D eigenvalue weighted by atomic mass is 16.5. The molecule has 0 aliphatic heterocycles. The molecule has 0 saturated heterocycles. The summed E-state index contributed by atoms with van der Waals surface area (Å²) in [6, 6.07) is 22.4. The summed E-state index contributed by atoms with van der Waals surface area (Å²) in [6.07, 6.45) is 3.39. The third kappa shape index (κ3) is 3.91. The standard InChI is InChI=1S/C23H19N5O/c24-19-14-20(15-10-12-27-13-11-15)28-22(21(19)23(25)26)16-6-8-18(9-7-16)29-17-4-2-1-3-5-17/h1-14H,(H2,24,28)(H3,25,26). The Labute approximate surface area is 168 Å². The summed E-state index contributed by atoms with van der Waals surface area (Å²) in [4.78, 5) is 8.78. The van der Waals surface area contributed by atoms with Gasteiger partial charge in [-0.2, -0.15) is 0 Å². The van der Waals surface area contributed by atoms with Crippen LogP contribution >= 0.6 is 0 Å². The lowest BCUT2D eigenvalue weighted by Crippen LogP contribution is -2.16. The average Bonchev–Trinajstić information content (AvgIpc) is 2.75. The average molecular weight is 381 g/mol. The highest BCUT2D eigenvalue weighted by molar-refractivity contribution is 6.05. The lowest BCUT2D eigenvalue weighted by atomic mass is 10.0. The van der Waals surface area contributed by atoms with Gasteiger partial charge in [0.1, 0.15) is 17.3 Å². The zero-order valence-corrected chi connectivity index (χ0v) is 15.5. The molecule has 0 fully saturated rings. The van der Waals surface area contributed by atoms with E-state index in [0.29, 0.717) is 28.4 Å². The Morgan fingerprint density at radius 2 is 1.48 bits per heavy atom. The number of pyridine rings is 2. The lowest BCUT2D eigenvalue weighted by Gasteiger charge is -2.14. The predicted molar refractivity (Wildman–Crippen MR) is 115 cm³/mol. The SMILES string of the molecule is N=C(N)c1c(N)cc(-c2ccncc2)nc1-c1ccc(Oc2ccccc2)cc1. The lowest BCUT2D eigenvalue weighted by molar-refractivity contribution is 0.483. The number of anilines is 1. The van der Waals surface area contributed by atoms with Crippen molar-refractivity contribution in [1.82, 2.24) is 9.97 Å². The van der Waals surface area contributed by atoms with Crippen LogP contribution in [0.15, 0.2) is 85.2 Å². The molecule has 2 aromatic heterocycles. The maximum absolute atomic E-state index is 7.96. The van der Waals surface area contributed by atoms with E-state index >= 15 is 0 Å². The van der Waals surface area contributed by atoms with Crippen LogP contribution in [0, 0.1) is 5.41 Å². The fraction of sp³-hybridized carbons (Fsp3) is 0. The molecule has 0 radical (unpaired) electrons. The van der Waals surface area contributed by atoms with Gasteiger partial charge in [-0.25, -0.2) is 4.98 Å². The first-order valence-electron chi connectivity index (χ1n) is 9.00. The third-order valence-electron chi connectivity index (χ3n) is 4.40. The number of para-hydroxylation sites is 1. The summed E-state index contributed by atoms with van der Waals surface area (Å²) < 4.78 is 5.84. The summed E-state index contributed by atoms with van der Waals surface area (Å²) in [6.45, 7) is 0. The van der Waals surface area contributed by atoms with Crippen molar-refractivity contribution in [3.05, 3.63) is 90.8 Å². The Balaban J connectivity index is 1.75. The largest absolute Gasteiger partial charge is 0.457 e. The van der Waals surface area contributed by atoms with Gasteiger partial charge in [-0.3, -0.25) is 10.4 Å². The molecule has 0 aliphatic carbocycles. The van der Waals surface area contributed by atoms with Crippen LogP contribution < -0.4 is 16.2 Å². The zero-order valence-electron chi connectivity index (χ0n) is 15.5. The van der Waals surface area contributed by atoms with E-state index in [1.807, 2.05) is 66.7 Å². The van der Waals surface area contributed by atoms with Crippen molar-refractivity contribution in [2.24, 2.45) is 5.73 Å². The molecule has 0 atom stereocenters. The van der Waals surface area contributed by atoms with Gasteiger partial charge in [-0.05, 0) is 54.6 Å². The number of nitrogens with one attached hydrogen (secondary N) is 1. The van der Waals surface area contributed by atoms with Gasteiger partial charge >= 0.3 is 0 Å². The van der Waals surface area contributed by atoms with Crippen LogP contribution in [0.5, 0.6) is 11.5 Å². The smallest absolute Gasteiger partial charge is 0.127 e. The van der Waals surface area contributed by atoms with Crippen LogP contribution in [0.3, 0.4) is 0 Å². The Morgan fingerprint density at radius 3 is 2.14 bits per heavy atom. The minimum atomic E-state index is -0.129. The van der Waals surface area contributed by atoms with Crippen LogP contribution in [0.1, 0.15) is 5.56 Å². The number of nitrogens with two attached hydrogens (primary N) is 2. The molecule has 29 heavy (non-hydrogen) atoms. The molecule has 0 saturated carbocycles. The van der Waals surface area contributed by atoms with E-state index in [-0.39, 0.29) is 5.84 Å². The quantitative estimate of drug-likeness (QED) is 0.349. The van der Waals surface area contributed by atoms with E-state index in [1.54, 1.807) is 18.5 Å². The fourth-order valence-corrected chi connectivity index (χ4v) is 3.03. The molecule has 4 aromatic rings. The minimum absolute atomic E-state index is 0.129. The van der Waals surface area contributed by atoms with Crippen LogP contribution in [0.4, 0.5) is 5.69 Å². The number of nitrogen functional groups attached to an aromatic ring is 2. The molecule has 2 aromatic carbocycles. The molecule has 0 spiro atoms. The van der Waals surface area contributed by atoms with E-state index < -0.39 is 0 Å². The van der Waals surface area contributed by atoms with Crippen molar-refractivity contribution < 1.29 is 4.74 Å². The third-order valence-corrected chi connectivity index (χ3v) is 4.40. The van der Waals surface area contributed by atoms with Gasteiger partial charge in [0.15, 0.2) is 0 Å². The molecular weight excluding hydrogens is 362 g/mol. The van der Waals surface area contributed by atoms with Gasteiger partial charge in [0.2, 0.25) is 0 Å². The van der Waals surface area contributed by atoms with Gasteiger partial charge < -0.3 is 16.2 Å². The molecule has 2 heterocycles. The molecule has 0 amide bonds.